The fraction of sp³-hybridized carbons (Fsp3) is 0.176. The van der Waals surface area contributed by atoms with Crippen LogP contribution in [0.3, 0.4) is 0 Å². The predicted octanol–water partition coefficient (Wildman–Crippen LogP) is 5.81. The monoisotopic (exact) mass is 308 g/mol. The molecule has 2 rings (SSSR count). The van der Waals surface area contributed by atoms with E-state index in [9.17, 15) is 13.2 Å². The van der Waals surface area contributed by atoms with Gasteiger partial charge >= 0.3 is 6.18 Å². The van der Waals surface area contributed by atoms with Crippen LogP contribution in [0.25, 0.3) is 5.57 Å². The molecule has 0 aliphatic heterocycles. The van der Waals surface area contributed by atoms with Crippen molar-refractivity contribution in [3.05, 3.63) is 71.8 Å². The largest absolute Gasteiger partial charge is 0.413 e. The zero-order valence-corrected chi connectivity index (χ0v) is 12.3. The van der Waals surface area contributed by atoms with E-state index in [2.05, 4.69) is 0 Å². The maximum Gasteiger partial charge on any atom is 0.413 e. The van der Waals surface area contributed by atoms with Crippen molar-refractivity contribution in [2.24, 2.45) is 0 Å². The summed E-state index contributed by atoms with van der Waals surface area (Å²) in [4.78, 5) is 0.833. The minimum atomic E-state index is -4.32. The molecule has 0 aromatic heterocycles. The third kappa shape index (κ3) is 4.39. The topological polar surface area (TPSA) is 0 Å². The molecule has 0 aliphatic rings. The van der Waals surface area contributed by atoms with Crippen LogP contribution in [0.2, 0.25) is 0 Å². The highest BCUT2D eigenvalue weighted by atomic mass is 32.2. The van der Waals surface area contributed by atoms with Crippen molar-refractivity contribution in [3.63, 3.8) is 0 Å². The molecule has 4 heteroatoms. The minimum Gasteiger partial charge on any atom is -0.166 e. The Bertz CT molecular complexity index is 601. The van der Waals surface area contributed by atoms with Crippen molar-refractivity contribution in [1.82, 2.24) is 0 Å². The molecule has 0 nitrogen and oxygen atoms in total. The molecule has 0 N–H and O–H groups in total. The second kappa shape index (κ2) is 6.85. The van der Waals surface area contributed by atoms with Crippen LogP contribution < -0.4 is 0 Å². The van der Waals surface area contributed by atoms with E-state index in [0.29, 0.717) is 5.56 Å². The average Bonchev–Trinajstić information content (AvgIpc) is 2.48. The lowest BCUT2D eigenvalue weighted by molar-refractivity contribution is -0.0902. The molecule has 0 aliphatic carbocycles. The van der Waals surface area contributed by atoms with Crippen LogP contribution in [-0.2, 0) is 0 Å². The molecule has 0 bridgehead atoms. The van der Waals surface area contributed by atoms with Crippen molar-refractivity contribution < 1.29 is 13.2 Å². The Morgan fingerprint density at radius 3 is 1.95 bits per heavy atom. The highest BCUT2D eigenvalue weighted by molar-refractivity contribution is 7.99. The summed E-state index contributed by atoms with van der Waals surface area (Å²) in [6, 6.07) is 17.8. The summed E-state index contributed by atoms with van der Waals surface area (Å²) >= 11 is 1.20. The van der Waals surface area contributed by atoms with E-state index in [1.807, 2.05) is 30.3 Å². The SMILES string of the molecule is C/C(=C(\CSc1ccccc1)C(F)(F)F)c1ccccc1. The minimum absolute atomic E-state index is 0.0890. The van der Waals surface area contributed by atoms with Gasteiger partial charge in [-0.2, -0.15) is 13.2 Å². The van der Waals surface area contributed by atoms with E-state index < -0.39 is 11.7 Å². The van der Waals surface area contributed by atoms with E-state index in [-0.39, 0.29) is 11.3 Å². The fourth-order valence-electron chi connectivity index (χ4n) is 1.94. The molecular formula is C17H15F3S. The number of halogens is 3. The number of hydrogen-bond acceptors (Lipinski definition) is 1. The normalized spacial score (nSPS) is 13.0. The first-order valence-electron chi connectivity index (χ1n) is 6.48. The van der Waals surface area contributed by atoms with E-state index >= 15 is 0 Å². The Labute approximate surface area is 126 Å². The summed E-state index contributed by atoms with van der Waals surface area (Å²) in [7, 11) is 0. The van der Waals surface area contributed by atoms with Gasteiger partial charge in [0.2, 0.25) is 0 Å². The first-order chi connectivity index (χ1) is 9.98. The number of allylic oxidation sites excluding steroid dienone is 1. The van der Waals surface area contributed by atoms with Crippen LogP contribution >= 0.6 is 11.8 Å². The van der Waals surface area contributed by atoms with Gasteiger partial charge in [-0.15, -0.1) is 11.8 Å². The molecule has 0 fully saturated rings. The van der Waals surface area contributed by atoms with Crippen molar-refractivity contribution >= 4 is 17.3 Å². The lowest BCUT2D eigenvalue weighted by atomic mass is 10.0. The lowest BCUT2D eigenvalue weighted by Crippen LogP contribution is -2.15. The van der Waals surface area contributed by atoms with Gasteiger partial charge in [-0.3, -0.25) is 0 Å². The summed E-state index contributed by atoms with van der Waals surface area (Å²) in [6.07, 6.45) is -4.32. The smallest absolute Gasteiger partial charge is 0.166 e. The zero-order chi connectivity index (χ0) is 15.3. The van der Waals surface area contributed by atoms with E-state index in [1.54, 1.807) is 30.3 Å². The molecule has 110 valence electrons. The Kier molecular flexibility index (Phi) is 5.12. The van der Waals surface area contributed by atoms with Crippen LogP contribution in [0.5, 0.6) is 0 Å². The molecule has 0 saturated carbocycles. The number of rotatable bonds is 4. The van der Waals surface area contributed by atoms with E-state index in [0.717, 1.165) is 4.90 Å². The summed E-state index contributed by atoms with van der Waals surface area (Å²) in [6.45, 7) is 1.53. The molecule has 0 atom stereocenters. The van der Waals surface area contributed by atoms with Gasteiger partial charge in [0, 0.05) is 16.2 Å². The Morgan fingerprint density at radius 1 is 0.905 bits per heavy atom. The van der Waals surface area contributed by atoms with Gasteiger partial charge in [0.25, 0.3) is 0 Å². The van der Waals surface area contributed by atoms with Crippen molar-refractivity contribution in [2.75, 3.05) is 5.75 Å². The molecule has 2 aromatic rings. The van der Waals surface area contributed by atoms with Crippen LogP contribution in [0, 0.1) is 0 Å². The summed E-state index contributed by atoms with van der Waals surface area (Å²) in [5.74, 6) is -0.0890. The van der Waals surface area contributed by atoms with E-state index in [1.165, 1.54) is 18.7 Å². The lowest BCUT2D eigenvalue weighted by Gasteiger charge is -2.16. The highest BCUT2D eigenvalue weighted by Crippen LogP contribution is 2.36. The maximum atomic E-state index is 13.3. The van der Waals surface area contributed by atoms with Crippen LogP contribution in [0.15, 0.2) is 71.1 Å². The quantitative estimate of drug-likeness (QED) is 0.642. The second-order valence-corrected chi connectivity index (χ2v) is 5.62. The first-order valence-corrected chi connectivity index (χ1v) is 7.47. The number of alkyl halides is 3. The maximum absolute atomic E-state index is 13.3. The molecule has 21 heavy (non-hydrogen) atoms. The molecule has 0 heterocycles. The molecule has 0 saturated heterocycles. The zero-order valence-electron chi connectivity index (χ0n) is 11.5. The van der Waals surface area contributed by atoms with Crippen LogP contribution in [0.4, 0.5) is 13.2 Å². The van der Waals surface area contributed by atoms with Crippen molar-refractivity contribution in [2.45, 2.75) is 18.0 Å². The summed E-state index contributed by atoms with van der Waals surface area (Å²) in [5, 5.41) is 0. The Balaban J connectivity index is 2.27. The van der Waals surface area contributed by atoms with Gasteiger partial charge in [0.1, 0.15) is 0 Å². The van der Waals surface area contributed by atoms with Crippen molar-refractivity contribution in [1.29, 1.82) is 0 Å². The third-order valence-corrected chi connectivity index (χ3v) is 4.17. The third-order valence-electron chi connectivity index (χ3n) is 3.13. The molecule has 0 spiro atoms. The number of thioether (sulfide) groups is 1. The highest BCUT2D eigenvalue weighted by Gasteiger charge is 2.35. The van der Waals surface area contributed by atoms with Gasteiger partial charge in [0.05, 0.1) is 0 Å². The van der Waals surface area contributed by atoms with Gasteiger partial charge in [0.15, 0.2) is 0 Å². The first kappa shape index (κ1) is 15.7. The van der Waals surface area contributed by atoms with E-state index in [4.69, 9.17) is 0 Å². The van der Waals surface area contributed by atoms with Gasteiger partial charge in [-0.25, -0.2) is 0 Å². The van der Waals surface area contributed by atoms with Gasteiger partial charge in [-0.05, 0) is 30.2 Å². The molecule has 0 radical (unpaired) electrons. The van der Waals surface area contributed by atoms with Gasteiger partial charge in [-0.1, -0.05) is 48.5 Å². The Morgan fingerprint density at radius 2 is 1.43 bits per heavy atom. The van der Waals surface area contributed by atoms with Crippen LogP contribution in [-0.4, -0.2) is 11.9 Å². The van der Waals surface area contributed by atoms with Gasteiger partial charge < -0.3 is 0 Å². The predicted molar refractivity (Wildman–Crippen MR) is 82.3 cm³/mol. The summed E-state index contributed by atoms with van der Waals surface area (Å²) < 4.78 is 39.9. The standard InChI is InChI=1S/C17H15F3S/c1-13(14-8-4-2-5-9-14)16(17(18,19)20)12-21-15-10-6-3-7-11-15/h2-11H,12H2,1H3/b16-13-. The average molecular weight is 308 g/mol. The molecule has 0 unspecified atom stereocenters. The molecule has 0 amide bonds. The summed E-state index contributed by atoms with van der Waals surface area (Å²) in [5.41, 5.74) is 0.410. The number of benzene rings is 2. The molecular weight excluding hydrogens is 293 g/mol. The van der Waals surface area contributed by atoms with Crippen LogP contribution in [0.1, 0.15) is 12.5 Å². The number of hydrogen-bond donors (Lipinski definition) is 0. The second-order valence-electron chi connectivity index (χ2n) is 4.57. The fourth-order valence-corrected chi connectivity index (χ4v) is 2.98. The Hall–Kier alpha value is -1.68. The molecule has 2 aromatic carbocycles. The van der Waals surface area contributed by atoms with Crippen molar-refractivity contribution in [3.8, 4) is 0 Å².